The Bertz CT molecular complexity index is 1120. The van der Waals surface area contributed by atoms with Gasteiger partial charge in [0.25, 0.3) is 0 Å². The fraction of sp³-hybridized carbons (Fsp3) is 0.217. The number of rotatable bonds is 8. The Morgan fingerprint density at radius 1 is 1.13 bits per heavy atom. The van der Waals surface area contributed by atoms with Crippen LogP contribution in [-0.2, 0) is 11.3 Å². The van der Waals surface area contributed by atoms with E-state index in [4.69, 9.17) is 0 Å². The van der Waals surface area contributed by atoms with Crippen molar-refractivity contribution in [1.29, 1.82) is 0 Å². The molecule has 1 atom stereocenters. The van der Waals surface area contributed by atoms with E-state index in [1.165, 1.54) is 17.3 Å². The number of carbonyl (C=O) groups is 1. The molecule has 0 saturated heterocycles. The van der Waals surface area contributed by atoms with Crippen LogP contribution < -0.4 is 5.32 Å². The van der Waals surface area contributed by atoms with Gasteiger partial charge < -0.3 is 9.88 Å². The van der Waals surface area contributed by atoms with E-state index in [0.717, 1.165) is 33.5 Å². The van der Waals surface area contributed by atoms with E-state index in [0.29, 0.717) is 0 Å². The number of aromatic nitrogens is 4. The molecule has 1 N–H and O–H groups in total. The van der Waals surface area contributed by atoms with Crippen molar-refractivity contribution in [3.63, 3.8) is 0 Å². The molecule has 1 unspecified atom stereocenters. The summed E-state index contributed by atoms with van der Waals surface area (Å²) in [5, 5.41) is 14.6. The third kappa shape index (κ3) is 5.03. The lowest BCUT2D eigenvalue weighted by molar-refractivity contribution is -0.119. The average molecular weight is 450 g/mol. The molecule has 158 valence electrons. The quantitative estimate of drug-likeness (QED) is 0.394. The average Bonchev–Trinajstić information content (AvgIpc) is 3.47. The van der Waals surface area contributed by atoms with Crippen LogP contribution in [-0.4, -0.2) is 31.4 Å². The number of thiophene rings is 1. The maximum absolute atomic E-state index is 12.8. The summed E-state index contributed by atoms with van der Waals surface area (Å²) in [6, 6.07) is 16.0. The zero-order valence-electron chi connectivity index (χ0n) is 17.4. The number of pyridine rings is 1. The van der Waals surface area contributed by atoms with E-state index in [1.807, 2.05) is 35.1 Å². The Balaban J connectivity index is 1.47. The van der Waals surface area contributed by atoms with Crippen LogP contribution in [0.15, 0.2) is 71.5 Å². The molecule has 1 aromatic carbocycles. The summed E-state index contributed by atoms with van der Waals surface area (Å²) < 4.78 is 2.02. The van der Waals surface area contributed by atoms with E-state index in [-0.39, 0.29) is 17.7 Å². The largest absolute Gasteiger partial charge is 0.344 e. The molecular weight excluding hydrogens is 426 g/mol. The van der Waals surface area contributed by atoms with Crippen molar-refractivity contribution in [2.24, 2.45) is 0 Å². The number of aryl methyl sites for hydroxylation is 1. The molecule has 4 rings (SSSR count). The van der Waals surface area contributed by atoms with Crippen LogP contribution in [0.1, 0.15) is 29.0 Å². The molecule has 0 bridgehead atoms. The van der Waals surface area contributed by atoms with Crippen LogP contribution >= 0.6 is 23.1 Å². The van der Waals surface area contributed by atoms with Gasteiger partial charge in [0.05, 0.1) is 11.8 Å². The molecule has 3 heterocycles. The van der Waals surface area contributed by atoms with Gasteiger partial charge in [-0.1, -0.05) is 47.7 Å². The Hall–Kier alpha value is -2.97. The van der Waals surface area contributed by atoms with Gasteiger partial charge in [-0.2, -0.15) is 0 Å². The fourth-order valence-electron chi connectivity index (χ4n) is 3.26. The van der Waals surface area contributed by atoms with Crippen LogP contribution in [0.25, 0.3) is 11.4 Å². The number of nitrogens with zero attached hydrogens (tertiary/aromatic N) is 4. The number of carbonyl (C=O) groups excluding carboxylic acids is 1. The van der Waals surface area contributed by atoms with Crippen molar-refractivity contribution in [1.82, 2.24) is 25.1 Å². The van der Waals surface area contributed by atoms with Gasteiger partial charge in [-0.15, -0.1) is 21.5 Å². The maximum atomic E-state index is 12.8. The first-order chi connectivity index (χ1) is 15.2. The molecule has 0 aliphatic rings. The molecule has 0 fully saturated rings. The SMILES string of the molecule is CCn1c(SCC(=O)NC(c2ccc(C)cc2)c2cccs2)nnc1-c1ccncc1. The predicted octanol–water partition coefficient (Wildman–Crippen LogP) is 4.73. The van der Waals surface area contributed by atoms with E-state index < -0.39 is 0 Å². The topological polar surface area (TPSA) is 72.7 Å². The minimum atomic E-state index is -0.162. The first-order valence-electron chi connectivity index (χ1n) is 10.0. The van der Waals surface area contributed by atoms with Crippen LogP contribution in [0.4, 0.5) is 0 Å². The minimum absolute atomic E-state index is 0.0416. The molecule has 4 aromatic rings. The van der Waals surface area contributed by atoms with Crippen molar-refractivity contribution in [3.8, 4) is 11.4 Å². The molecule has 0 spiro atoms. The van der Waals surface area contributed by atoms with E-state index in [2.05, 4.69) is 57.8 Å². The van der Waals surface area contributed by atoms with Gasteiger partial charge in [-0.25, -0.2) is 0 Å². The zero-order chi connectivity index (χ0) is 21.6. The summed E-state index contributed by atoms with van der Waals surface area (Å²) in [7, 11) is 0. The number of hydrogen-bond acceptors (Lipinski definition) is 6. The number of hydrogen-bond donors (Lipinski definition) is 1. The monoisotopic (exact) mass is 449 g/mol. The smallest absolute Gasteiger partial charge is 0.231 e. The van der Waals surface area contributed by atoms with Crippen LogP contribution in [0.3, 0.4) is 0 Å². The second-order valence-electron chi connectivity index (χ2n) is 7.00. The van der Waals surface area contributed by atoms with Crippen LogP contribution in [0, 0.1) is 6.92 Å². The first-order valence-corrected chi connectivity index (χ1v) is 11.9. The summed E-state index contributed by atoms with van der Waals surface area (Å²) in [4.78, 5) is 18.0. The van der Waals surface area contributed by atoms with Gasteiger partial charge in [0.2, 0.25) is 5.91 Å². The van der Waals surface area contributed by atoms with Gasteiger partial charge in [-0.3, -0.25) is 9.78 Å². The van der Waals surface area contributed by atoms with Crippen LogP contribution in [0.2, 0.25) is 0 Å². The maximum Gasteiger partial charge on any atom is 0.231 e. The van der Waals surface area contributed by atoms with Crippen molar-refractivity contribution in [2.45, 2.75) is 31.6 Å². The Labute approximate surface area is 189 Å². The third-order valence-electron chi connectivity index (χ3n) is 4.85. The molecule has 1 amide bonds. The Morgan fingerprint density at radius 2 is 1.90 bits per heavy atom. The van der Waals surface area contributed by atoms with Crippen LogP contribution in [0.5, 0.6) is 0 Å². The second-order valence-corrected chi connectivity index (χ2v) is 8.92. The highest BCUT2D eigenvalue weighted by molar-refractivity contribution is 7.99. The molecule has 31 heavy (non-hydrogen) atoms. The highest BCUT2D eigenvalue weighted by Gasteiger charge is 2.19. The molecule has 6 nitrogen and oxygen atoms in total. The molecule has 0 radical (unpaired) electrons. The van der Waals surface area contributed by atoms with Gasteiger partial charge >= 0.3 is 0 Å². The normalized spacial score (nSPS) is 11.9. The second kappa shape index (κ2) is 9.89. The van der Waals surface area contributed by atoms with Crippen molar-refractivity contribution in [2.75, 3.05) is 5.75 Å². The minimum Gasteiger partial charge on any atom is -0.344 e. The van der Waals surface area contributed by atoms with Crippen molar-refractivity contribution >= 4 is 29.0 Å². The summed E-state index contributed by atoms with van der Waals surface area (Å²) in [6.07, 6.45) is 3.47. The predicted molar refractivity (Wildman–Crippen MR) is 125 cm³/mol. The summed E-state index contributed by atoms with van der Waals surface area (Å²) >= 11 is 3.04. The summed E-state index contributed by atoms with van der Waals surface area (Å²) in [6.45, 7) is 4.82. The van der Waals surface area contributed by atoms with Gasteiger partial charge in [0.15, 0.2) is 11.0 Å². The lowest BCUT2D eigenvalue weighted by Gasteiger charge is -2.18. The van der Waals surface area contributed by atoms with Gasteiger partial charge in [0, 0.05) is 29.4 Å². The highest BCUT2D eigenvalue weighted by atomic mass is 32.2. The summed E-state index contributed by atoms with van der Waals surface area (Å²) in [5.74, 6) is 1.01. The van der Waals surface area contributed by atoms with Crippen molar-refractivity contribution < 1.29 is 4.79 Å². The zero-order valence-corrected chi connectivity index (χ0v) is 19.0. The molecule has 0 aliphatic carbocycles. The number of thioether (sulfide) groups is 1. The molecular formula is C23H23N5OS2. The highest BCUT2D eigenvalue weighted by Crippen LogP contribution is 2.27. The Kier molecular flexibility index (Phi) is 6.79. The van der Waals surface area contributed by atoms with Gasteiger partial charge in [-0.05, 0) is 43.0 Å². The number of benzene rings is 1. The Morgan fingerprint density at radius 3 is 2.58 bits per heavy atom. The number of amides is 1. The third-order valence-corrected chi connectivity index (χ3v) is 6.75. The van der Waals surface area contributed by atoms with E-state index >= 15 is 0 Å². The van der Waals surface area contributed by atoms with Crippen molar-refractivity contribution in [3.05, 3.63) is 82.3 Å². The lowest BCUT2D eigenvalue weighted by atomic mass is 10.0. The molecule has 0 saturated carbocycles. The number of nitrogens with one attached hydrogen (secondary N) is 1. The first kappa shape index (κ1) is 21.3. The van der Waals surface area contributed by atoms with E-state index in [9.17, 15) is 4.79 Å². The lowest BCUT2D eigenvalue weighted by Crippen LogP contribution is -2.30. The summed E-state index contributed by atoms with van der Waals surface area (Å²) in [5.41, 5.74) is 3.22. The molecule has 0 aliphatic heterocycles. The fourth-order valence-corrected chi connectivity index (χ4v) is 4.88. The van der Waals surface area contributed by atoms with E-state index in [1.54, 1.807) is 23.7 Å². The molecule has 3 aromatic heterocycles. The molecule has 8 heteroatoms. The van der Waals surface area contributed by atoms with Gasteiger partial charge in [0.1, 0.15) is 0 Å². The standard InChI is InChI=1S/C23H23N5OS2/c1-3-28-22(18-10-12-24-13-11-18)26-27-23(28)31-15-20(29)25-21(19-5-4-14-30-19)17-8-6-16(2)7-9-17/h4-14,21H,3,15H2,1-2H3,(H,25,29).